The number of carbonyl (C=O) groups excluding carboxylic acids is 2. The number of urea groups is 1. The van der Waals surface area contributed by atoms with E-state index in [1.54, 1.807) is 5.32 Å². The van der Waals surface area contributed by atoms with E-state index in [0.29, 0.717) is 0 Å². The molecule has 1 rings (SSSR count). The smallest absolute Gasteiger partial charge is 0.477 e. The zero-order valence-corrected chi connectivity index (χ0v) is 8.12. The fourth-order valence-corrected chi connectivity index (χ4v) is 0.596. The standard InChI is InChI=1S/C4H4N2O5.Na/c7-1-4(11,2(8)9)6-3(10)5-1;/h11H,(H,8,9)(H2,5,6,7,10);/q;+1. The molecule has 0 bridgehead atoms. The number of aliphatic hydroxyl groups is 1. The molecule has 1 heterocycles. The summed E-state index contributed by atoms with van der Waals surface area (Å²) in [5, 5.41) is 20.2. The Morgan fingerprint density at radius 1 is 1.42 bits per heavy atom. The summed E-state index contributed by atoms with van der Waals surface area (Å²) in [6, 6.07) is -1.03. The van der Waals surface area contributed by atoms with Gasteiger partial charge in [-0.2, -0.15) is 0 Å². The molecule has 1 atom stereocenters. The van der Waals surface area contributed by atoms with Gasteiger partial charge in [0.05, 0.1) is 0 Å². The van der Waals surface area contributed by atoms with Gasteiger partial charge in [-0.15, -0.1) is 0 Å². The summed E-state index contributed by atoms with van der Waals surface area (Å²) in [5.74, 6) is -3.10. The van der Waals surface area contributed by atoms with E-state index in [-0.39, 0.29) is 29.6 Å². The van der Waals surface area contributed by atoms with E-state index in [0.717, 1.165) is 0 Å². The van der Waals surface area contributed by atoms with Gasteiger partial charge in [0.15, 0.2) is 0 Å². The molecule has 60 valence electrons. The molecule has 0 aromatic carbocycles. The number of carboxylic acids is 1. The molecule has 1 aliphatic heterocycles. The van der Waals surface area contributed by atoms with Crippen molar-refractivity contribution in [2.75, 3.05) is 0 Å². The Balaban J connectivity index is 0.00000121. The van der Waals surface area contributed by atoms with Gasteiger partial charge >= 0.3 is 47.3 Å². The maximum atomic E-state index is 10.5. The first-order valence-corrected chi connectivity index (χ1v) is 2.56. The minimum Gasteiger partial charge on any atom is -0.477 e. The van der Waals surface area contributed by atoms with Crippen LogP contribution in [0.4, 0.5) is 4.79 Å². The third-order valence-electron chi connectivity index (χ3n) is 1.16. The van der Waals surface area contributed by atoms with Gasteiger partial charge in [-0.3, -0.25) is 15.4 Å². The van der Waals surface area contributed by atoms with Crippen molar-refractivity contribution in [3.8, 4) is 0 Å². The topological polar surface area (TPSA) is 116 Å². The van der Waals surface area contributed by atoms with Crippen LogP contribution in [0, 0.1) is 0 Å². The van der Waals surface area contributed by atoms with Crippen molar-refractivity contribution in [2.24, 2.45) is 0 Å². The Bertz CT molecular complexity index is 254. The Hall–Kier alpha value is -0.630. The predicted molar refractivity (Wildman–Crippen MR) is 29.3 cm³/mol. The number of rotatable bonds is 1. The molecule has 1 saturated heterocycles. The quantitative estimate of drug-likeness (QED) is 0.184. The Labute approximate surface area is 88.4 Å². The zero-order valence-electron chi connectivity index (χ0n) is 6.12. The molecular weight excluding hydrogens is 179 g/mol. The number of hydrogen-bond donors (Lipinski definition) is 4. The van der Waals surface area contributed by atoms with E-state index in [2.05, 4.69) is 0 Å². The Kier molecular flexibility index (Phi) is 3.22. The summed E-state index contributed by atoms with van der Waals surface area (Å²) in [7, 11) is 0. The number of nitrogens with one attached hydrogen (secondary N) is 2. The first kappa shape index (κ1) is 11.4. The predicted octanol–water partition coefficient (Wildman–Crippen LogP) is -5.40. The van der Waals surface area contributed by atoms with E-state index in [1.165, 1.54) is 5.32 Å². The van der Waals surface area contributed by atoms with Crippen LogP contribution in [0.25, 0.3) is 0 Å². The molecule has 0 aromatic heterocycles. The minimum atomic E-state index is -2.81. The SMILES string of the molecule is O=C1NC(=O)C(O)(C(=O)O)N1.[Na+]. The van der Waals surface area contributed by atoms with Gasteiger partial charge in [0, 0.05) is 0 Å². The largest absolute Gasteiger partial charge is 1.00 e. The van der Waals surface area contributed by atoms with Crippen molar-refractivity contribution < 1.29 is 54.2 Å². The van der Waals surface area contributed by atoms with Gasteiger partial charge in [0.1, 0.15) is 0 Å². The van der Waals surface area contributed by atoms with Gasteiger partial charge in [-0.25, -0.2) is 9.59 Å². The minimum absolute atomic E-state index is 0. The first-order chi connectivity index (χ1) is 4.97. The Morgan fingerprint density at radius 2 is 1.92 bits per heavy atom. The molecule has 0 radical (unpaired) electrons. The number of imide groups is 1. The summed E-state index contributed by atoms with van der Waals surface area (Å²) in [6.45, 7) is 0. The van der Waals surface area contributed by atoms with Gasteiger partial charge in [-0.05, 0) is 0 Å². The average molecular weight is 183 g/mol. The van der Waals surface area contributed by atoms with Crippen LogP contribution in [0.15, 0.2) is 0 Å². The molecule has 3 amide bonds. The maximum absolute atomic E-state index is 10.5. The molecule has 0 aromatic rings. The third kappa shape index (κ3) is 1.58. The van der Waals surface area contributed by atoms with Crippen LogP contribution < -0.4 is 40.2 Å². The van der Waals surface area contributed by atoms with E-state index in [9.17, 15) is 14.4 Å². The van der Waals surface area contributed by atoms with Gasteiger partial charge in [-0.1, -0.05) is 0 Å². The third-order valence-corrected chi connectivity index (χ3v) is 1.16. The first-order valence-electron chi connectivity index (χ1n) is 2.56. The second kappa shape index (κ2) is 3.40. The van der Waals surface area contributed by atoms with E-state index < -0.39 is 23.6 Å². The summed E-state index contributed by atoms with van der Waals surface area (Å²) >= 11 is 0. The number of carbonyl (C=O) groups is 3. The molecule has 4 N–H and O–H groups in total. The maximum Gasteiger partial charge on any atom is 1.00 e. The summed E-state index contributed by atoms with van der Waals surface area (Å²) in [5.41, 5.74) is -2.81. The van der Waals surface area contributed by atoms with Crippen molar-refractivity contribution in [1.82, 2.24) is 10.6 Å². The number of hydrogen-bond acceptors (Lipinski definition) is 4. The van der Waals surface area contributed by atoms with E-state index in [1.807, 2.05) is 0 Å². The van der Waals surface area contributed by atoms with Gasteiger partial charge in [0.2, 0.25) is 0 Å². The van der Waals surface area contributed by atoms with Crippen molar-refractivity contribution in [3.05, 3.63) is 0 Å². The number of carboxylic acid groups (broad SMARTS) is 1. The normalized spacial score (nSPS) is 27.1. The summed E-state index contributed by atoms with van der Waals surface area (Å²) in [6.07, 6.45) is 0. The van der Waals surface area contributed by atoms with Crippen LogP contribution in [-0.2, 0) is 9.59 Å². The van der Waals surface area contributed by atoms with E-state index in [4.69, 9.17) is 10.2 Å². The average Bonchev–Trinajstić information content (AvgIpc) is 2.08. The molecule has 0 aliphatic carbocycles. The summed E-state index contributed by atoms with van der Waals surface area (Å²) < 4.78 is 0. The molecule has 7 nitrogen and oxygen atoms in total. The molecule has 1 aliphatic rings. The van der Waals surface area contributed by atoms with Crippen molar-refractivity contribution >= 4 is 17.9 Å². The Morgan fingerprint density at radius 3 is 2.08 bits per heavy atom. The number of aliphatic carboxylic acids is 1. The molecular formula is C4H4N2NaO5+. The summed E-state index contributed by atoms with van der Waals surface area (Å²) in [4.78, 5) is 31.0. The van der Waals surface area contributed by atoms with Crippen LogP contribution in [0.3, 0.4) is 0 Å². The molecule has 0 spiro atoms. The van der Waals surface area contributed by atoms with Crippen molar-refractivity contribution in [1.29, 1.82) is 0 Å². The molecule has 0 saturated carbocycles. The van der Waals surface area contributed by atoms with Gasteiger partial charge in [0.25, 0.3) is 5.91 Å². The van der Waals surface area contributed by atoms with Crippen LogP contribution >= 0.6 is 0 Å². The zero-order chi connectivity index (χ0) is 8.65. The number of amides is 3. The van der Waals surface area contributed by atoms with E-state index >= 15 is 0 Å². The monoisotopic (exact) mass is 183 g/mol. The molecule has 1 fully saturated rings. The fourth-order valence-electron chi connectivity index (χ4n) is 0.596. The fraction of sp³-hybridized carbons (Fsp3) is 0.250. The van der Waals surface area contributed by atoms with Gasteiger partial charge < -0.3 is 10.2 Å². The second-order valence-corrected chi connectivity index (χ2v) is 1.92. The van der Waals surface area contributed by atoms with Crippen LogP contribution in [0.2, 0.25) is 0 Å². The van der Waals surface area contributed by atoms with Crippen molar-refractivity contribution in [2.45, 2.75) is 5.72 Å². The van der Waals surface area contributed by atoms with Crippen LogP contribution in [0.1, 0.15) is 0 Å². The second-order valence-electron chi connectivity index (χ2n) is 1.92. The van der Waals surface area contributed by atoms with Crippen LogP contribution in [-0.4, -0.2) is 33.8 Å². The molecule has 1 unspecified atom stereocenters. The molecule has 12 heavy (non-hydrogen) atoms. The van der Waals surface area contributed by atoms with Crippen LogP contribution in [0.5, 0.6) is 0 Å². The van der Waals surface area contributed by atoms with Crippen molar-refractivity contribution in [3.63, 3.8) is 0 Å². The molecule has 8 heteroatoms.